The van der Waals surface area contributed by atoms with Gasteiger partial charge in [-0.05, 0) is 85.7 Å². The van der Waals surface area contributed by atoms with Crippen LogP contribution in [0.25, 0.3) is 5.69 Å². The number of hydrogen-bond donors (Lipinski definition) is 2. The summed E-state index contributed by atoms with van der Waals surface area (Å²) in [4.78, 5) is 18.8. The standard InChI is InChI=1S/C30H31N5O2S/c1-5-27(36)32-23-14-13-22(18-26(23)37-4)35-29(28(33-30(35)38)24-9-6-7-15-31-24)25-10-8-16-34(25)21-12-11-19(2)20(3)17-21/h6-18,28-29H,5H2,1-4H3,(H,32,36)(H,33,38). The van der Waals surface area contributed by atoms with Gasteiger partial charge in [-0.1, -0.05) is 19.1 Å². The normalized spacial score (nSPS) is 16.8. The Balaban J connectivity index is 1.63. The second-order valence-electron chi connectivity index (χ2n) is 9.35. The highest BCUT2D eigenvalue weighted by molar-refractivity contribution is 7.80. The van der Waals surface area contributed by atoms with E-state index in [1.807, 2.05) is 43.3 Å². The van der Waals surface area contributed by atoms with Crippen molar-refractivity contribution in [2.75, 3.05) is 17.3 Å². The van der Waals surface area contributed by atoms with Gasteiger partial charge in [0.2, 0.25) is 5.91 Å². The van der Waals surface area contributed by atoms with Crippen LogP contribution in [0.4, 0.5) is 11.4 Å². The van der Waals surface area contributed by atoms with E-state index in [1.165, 1.54) is 11.1 Å². The van der Waals surface area contributed by atoms with Crippen LogP contribution in [0.1, 0.15) is 47.9 Å². The number of nitrogens with zero attached hydrogens (tertiary/aromatic N) is 3. The highest BCUT2D eigenvalue weighted by atomic mass is 32.1. The number of pyridine rings is 1. The minimum atomic E-state index is -0.199. The number of benzene rings is 2. The van der Waals surface area contributed by atoms with E-state index in [9.17, 15) is 4.79 Å². The average molecular weight is 526 g/mol. The van der Waals surface area contributed by atoms with Gasteiger partial charge in [0, 0.05) is 41.9 Å². The lowest BCUT2D eigenvalue weighted by molar-refractivity contribution is -0.115. The summed E-state index contributed by atoms with van der Waals surface area (Å²) in [7, 11) is 1.60. The van der Waals surface area contributed by atoms with Gasteiger partial charge in [0.05, 0.1) is 24.5 Å². The number of aromatic nitrogens is 2. The van der Waals surface area contributed by atoms with E-state index in [0.717, 1.165) is 22.8 Å². The fourth-order valence-corrected chi connectivity index (χ4v) is 5.20. The summed E-state index contributed by atoms with van der Waals surface area (Å²) in [6, 6.07) is 21.9. The van der Waals surface area contributed by atoms with Crippen LogP contribution in [0.3, 0.4) is 0 Å². The van der Waals surface area contributed by atoms with Gasteiger partial charge in [0.1, 0.15) is 11.8 Å². The van der Waals surface area contributed by atoms with Crippen molar-refractivity contribution in [2.24, 2.45) is 0 Å². The van der Waals surface area contributed by atoms with Crippen LogP contribution in [-0.4, -0.2) is 27.7 Å². The lowest BCUT2D eigenvalue weighted by Crippen LogP contribution is -2.30. The van der Waals surface area contributed by atoms with Crippen molar-refractivity contribution in [3.8, 4) is 11.4 Å². The molecule has 1 amide bonds. The van der Waals surface area contributed by atoms with Crippen molar-refractivity contribution >= 4 is 34.6 Å². The summed E-state index contributed by atoms with van der Waals surface area (Å²) in [6.07, 6.45) is 4.27. The summed E-state index contributed by atoms with van der Waals surface area (Å²) < 4.78 is 7.87. The fraction of sp³-hybridized carbons (Fsp3) is 0.233. The second kappa shape index (κ2) is 10.7. The molecule has 2 aromatic heterocycles. The average Bonchev–Trinajstić information content (AvgIpc) is 3.55. The maximum absolute atomic E-state index is 12.0. The van der Waals surface area contributed by atoms with Gasteiger partial charge in [-0.25, -0.2) is 0 Å². The zero-order valence-corrected chi connectivity index (χ0v) is 22.8. The molecule has 8 heteroatoms. The van der Waals surface area contributed by atoms with E-state index in [2.05, 4.69) is 75.5 Å². The van der Waals surface area contributed by atoms with Gasteiger partial charge in [0.15, 0.2) is 5.11 Å². The summed E-state index contributed by atoms with van der Waals surface area (Å²) in [5.41, 5.74) is 7.01. The van der Waals surface area contributed by atoms with Crippen molar-refractivity contribution in [3.05, 3.63) is 102 Å². The lowest BCUT2D eigenvalue weighted by atomic mass is 10.0. The number of amides is 1. The number of anilines is 2. The van der Waals surface area contributed by atoms with Crippen LogP contribution in [0, 0.1) is 13.8 Å². The highest BCUT2D eigenvalue weighted by Crippen LogP contribution is 2.44. The molecule has 1 saturated heterocycles. The molecule has 0 aliphatic carbocycles. The molecular weight excluding hydrogens is 494 g/mol. The molecule has 7 nitrogen and oxygen atoms in total. The Morgan fingerprint density at radius 1 is 1.05 bits per heavy atom. The Hall–Kier alpha value is -4.17. The molecule has 0 spiro atoms. The Bertz CT molecular complexity index is 1480. The first-order valence-corrected chi connectivity index (χ1v) is 13.1. The Labute approximate surface area is 228 Å². The van der Waals surface area contributed by atoms with E-state index in [4.69, 9.17) is 17.0 Å². The fourth-order valence-electron chi connectivity index (χ4n) is 4.85. The predicted octanol–water partition coefficient (Wildman–Crippen LogP) is 6.02. The Kier molecular flexibility index (Phi) is 7.15. The minimum absolute atomic E-state index is 0.0753. The number of rotatable bonds is 7. The molecular formula is C30H31N5O2S. The zero-order valence-electron chi connectivity index (χ0n) is 21.9. The van der Waals surface area contributed by atoms with E-state index < -0.39 is 0 Å². The van der Waals surface area contributed by atoms with Crippen molar-refractivity contribution in [1.29, 1.82) is 0 Å². The van der Waals surface area contributed by atoms with E-state index in [-0.39, 0.29) is 18.0 Å². The van der Waals surface area contributed by atoms with Crippen molar-refractivity contribution in [1.82, 2.24) is 14.9 Å². The Morgan fingerprint density at radius 3 is 2.58 bits per heavy atom. The zero-order chi connectivity index (χ0) is 26.8. The molecule has 0 saturated carbocycles. The number of carbonyl (C=O) groups is 1. The van der Waals surface area contributed by atoms with Gasteiger partial charge >= 0.3 is 0 Å². The first-order chi connectivity index (χ1) is 18.4. The monoisotopic (exact) mass is 525 g/mol. The van der Waals surface area contributed by atoms with Crippen LogP contribution >= 0.6 is 12.2 Å². The topological polar surface area (TPSA) is 71.4 Å². The number of carbonyl (C=O) groups excluding carboxylic acids is 1. The van der Waals surface area contributed by atoms with Crippen molar-refractivity contribution in [3.63, 3.8) is 0 Å². The highest BCUT2D eigenvalue weighted by Gasteiger charge is 2.42. The molecule has 1 aliphatic rings. The number of ether oxygens (including phenoxy) is 1. The molecule has 2 aromatic carbocycles. The minimum Gasteiger partial charge on any atom is -0.494 e. The summed E-state index contributed by atoms with van der Waals surface area (Å²) in [5.74, 6) is 0.491. The second-order valence-corrected chi connectivity index (χ2v) is 9.74. The molecule has 194 valence electrons. The van der Waals surface area contributed by atoms with Crippen LogP contribution in [0.15, 0.2) is 79.1 Å². The van der Waals surface area contributed by atoms with Crippen LogP contribution < -0.4 is 20.3 Å². The van der Waals surface area contributed by atoms with Gasteiger partial charge < -0.3 is 24.8 Å². The largest absolute Gasteiger partial charge is 0.494 e. The molecule has 4 aromatic rings. The van der Waals surface area contributed by atoms with Gasteiger partial charge in [-0.15, -0.1) is 0 Å². The summed E-state index contributed by atoms with van der Waals surface area (Å²) in [5, 5.41) is 7.02. The SMILES string of the molecule is CCC(=O)Nc1ccc(N2C(=S)NC(c3ccccn3)C2c2cccn2-c2ccc(C)c(C)c2)cc1OC. The van der Waals surface area contributed by atoms with Crippen LogP contribution in [0.5, 0.6) is 5.75 Å². The molecule has 5 rings (SSSR count). The number of aryl methyl sites for hydroxylation is 2. The molecule has 0 radical (unpaired) electrons. The first-order valence-electron chi connectivity index (χ1n) is 12.6. The third kappa shape index (κ3) is 4.75. The number of hydrogen-bond acceptors (Lipinski definition) is 4. The van der Waals surface area contributed by atoms with Crippen molar-refractivity contribution in [2.45, 2.75) is 39.3 Å². The van der Waals surface area contributed by atoms with E-state index >= 15 is 0 Å². The van der Waals surface area contributed by atoms with Gasteiger partial charge in [-0.3, -0.25) is 9.78 Å². The van der Waals surface area contributed by atoms with Gasteiger partial charge in [0.25, 0.3) is 0 Å². The first kappa shape index (κ1) is 25.5. The van der Waals surface area contributed by atoms with E-state index in [1.54, 1.807) is 13.3 Å². The molecule has 2 atom stereocenters. The van der Waals surface area contributed by atoms with Crippen LogP contribution in [0.2, 0.25) is 0 Å². The maximum atomic E-state index is 12.0. The molecule has 0 bridgehead atoms. The quantitative estimate of drug-likeness (QED) is 0.288. The summed E-state index contributed by atoms with van der Waals surface area (Å²) >= 11 is 5.92. The number of methoxy groups -OCH3 is 1. The summed E-state index contributed by atoms with van der Waals surface area (Å²) in [6.45, 7) is 6.06. The molecule has 1 fully saturated rings. The van der Waals surface area contributed by atoms with Crippen molar-refractivity contribution < 1.29 is 9.53 Å². The predicted molar refractivity (Wildman–Crippen MR) is 155 cm³/mol. The molecule has 1 aliphatic heterocycles. The third-order valence-electron chi connectivity index (χ3n) is 7.01. The molecule has 38 heavy (non-hydrogen) atoms. The Morgan fingerprint density at radius 2 is 1.87 bits per heavy atom. The molecule has 2 unspecified atom stereocenters. The lowest BCUT2D eigenvalue weighted by Gasteiger charge is -2.29. The van der Waals surface area contributed by atoms with Crippen LogP contribution in [-0.2, 0) is 4.79 Å². The third-order valence-corrected chi connectivity index (χ3v) is 7.32. The van der Waals surface area contributed by atoms with Gasteiger partial charge in [-0.2, -0.15) is 0 Å². The van der Waals surface area contributed by atoms with E-state index in [0.29, 0.717) is 23.0 Å². The number of nitrogens with one attached hydrogen (secondary N) is 2. The molecule has 2 N–H and O–H groups in total. The number of thiocarbonyl (C=S) groups is 1. The smallest absolute Gasteiger partial charge is 0.224 e. The molecule has 3 heterocycles. The maximum Gasteiger partial charge on any atom is 0.224 e.